The number of anilines is 1. The van der Waals surface area contributed by atoms with Crippen molar-refractivity contribution < 1.29 is 18.7 Å². The summed E-state index contributed by atoms with van der Waals surface area (Å²) in [5, 5.41) is 6.07. The van der Waals surface area contributed by atoms with Gasteiger partial charge in [0.1, 0.15) is 5.82 Å². The molecule has 0 spiro atoms. The summed E-state index contributed by atoms with van der Waals surface area (Å²) < 4.78 is 19.4. The third kappa shape index (κ3) is 4.95. The summed E-state index contributed by atoms with van der Waals surface area (Å²) in [4.78, 5) is 28.0. The van der Waals surface area contributed by atoms with Gasteiger partial charge in [0.05, 0.1) is 18.2 Å². The van der Waals surface area contributed by atoms with Crippen LogP contribution < -0.4 is 15.5 Å². The van der Waals surface area contributed by atoms with Crippen LogP contribution in [0.25, 0.3) is 0 Å². The van der Waals surface area contributed by atoms with E-state index in [-0.39, 0.29) is 36.5 Å². The summed E-state index contributed by atoms with van der Waals surface area (Å²) in [5.74, 6) is -0.835. The van der Waals surface area contributed by atoms with Gasteiger partial charge in [0.25, 0.3) is 0 Å². The van der Waals surface area contributed by atoms with Crippen LogP contribution in [0.15, 0.2) is 18.2 Å². The molecule has 2 heterocycles. The number of rotatable bonds is 7. The number of ether oxygens (including phenoxy) is 1. The highest BCUT2D eigenvalue weighted by Gasteiger charge is 2.33. The number of methoxy groups -OCH3 is 1. The van der Waals surface area contributed by atoms with Crippen molar-refractivity contribution in [3.8, 4) is 0 Å². The third-order valence-corrected chi connectivity index (χ3v) is 5.09. The number of carbonyl (C=O) groups excluding carboxylic acids is 2. The molecule has 0 bridgehead atoms. The topological polar surface area (TPSA) is 73.9 Å². The Kier molecular flexibility index (Phi) is 6.63. The van der Waals surface area contributed by atoms with Crippen LogP contribution in [0.2, 0.25) is 0 Å². The number of amides is 2. The van der Waals surface area contributed by atoms with Gasteiger partial charge in [0.2, 0.25) is 11.8 Å². The van der Waals surface area contributed by atoms with E-state index in [1.807, 2.05) is 11.0 Å². The van der Waals surface area contributed by atoms with Crippen LogP contribution in [0.4, 0.5) is 10.1 Å². The zero-order valence-corrected chi connectivity index (χ0v) is 15.7. The predicted octanol–water partition coefficient (Wildman–Crippen LogP) is 0.346. The molecule has 27 heavy (non-hydrogen) atoms. The highest BCUT2D eigenvalue weighted by molar-refractivity contribution is 5.89. The highest BCUT2D eigenvalue weighted by atomic mass is 19.1. The van der Waals surface area contributed by atoms with Gasteiger partial charge in [-0.2, -0.15) is 0 Å². The zero-order valence-electron chi connectivity index (χ0n) is 15.7. The molecule has 0 saturated carbocycles. The molecule has 1 aromatic rings. The summed E-state index contributed by atoms with van der Waals surface area (Å²) in [7, 11) is 1.58. The van der Waals surface area contributed by atoms with E-state index in [9.17, 15) is 14.0 Å². The monoisotopic (exact) mass is 378 g/mol. The number of nitrogens with one attached hydrogen (secondary N) is 2. The average molecular weight is 378 g/mol. The van der Waals surface area contributed by atoms with E-state index in [2.05, 4.69) is 10.6 Å². The van der Waals surface area contributed by atoms with E-state index >= 15 is 0 Å². The van der Waals surface area contributed by atoms with Gasteiger partial charge in [0, 0.05) is 59.3 Å². The molecule has 0 radical (unpaired) electrons. The minimum Gasteiger partial charge on any atom is -0.383 e. The quantitative estimate of drug-likeness (QED) is 0.716. The van der Waals surface area contributed by atoms with Gasteiger partial charge >= 0.3 is 0 Å². The molecule has 148 valence electrons. The maximum atomic E-state index is 14.4. The Morgan fingerprint density at radius 2 is 2.15 bits per heavy atom. The van der Waals surface area contributed by atoms with E-state index in [4.69, 9.17) is 4.74 Å². The van der Waals surface area contributed by atoms with Gasteiger partial charge in [-0.15, -0.1) is 0 Å². The number of hydrogen-bond donors (Lipinski definition) is 2. The van der Waals surface area contributed by atoms with Crippen molar-refractivity contribution in [1.29, 1.82) is 0 Å². The van der Waals surface area contributed by atoms with Crippen LogP contribution >= 0.6 is 0 Å². The molecule has 2 N–H and O–H groups in total. The first-order valence-electron chi connectivity index (χ1n) is 9.37. The normalized spacial score (nSPS) is 20.2. The number of carbonyl (C=O) groups is 2. The van der Waals surface area contributed by atoms with E-state index in [1.165, 1.54) is 6.07 Å². The van der Waals surface area contributed by atoms with Crippen molar-refractivity contribution in [3.63, 3.8) is 0 Å². The first-order chi connectivity index (χ1) is 13.1. The summed E-state index contributed by atoms with van der Waals surface area (Å²) in [6.07, 6.45) is 0.214. The second-order valence-electron chi connectivity index (χ2n) is 6.97. The molecule has 7 nitrogen and oxygen atoms in total. The summed E-state index contributed by atoms with van der Waals surface area (Å²) >= 11 is 0. The zero-order chi connectivity index (χ0) is 19.2. The number of nitrogens with zero attached hydrogens (tertiary/aromatic N) is 2. The Balaban J connectivity index is 1.51. The van der Waals surface area contributed by atoms with Crippen LogP contribution in [0, 0.1) is 11.7 Å². The highest BCUT2D eigenvalue weighted by Crippen LogP contribution is 2.22. The Morgan fingerprint density at radius 3 is 2.85 bits per heavy atom. The fraction of sp³-hybridized carbons (Fsp3) is 0.579. The number of hydrogen-bond acceptors (Lipinski definition) is 5. The van der Waals surface area contributed by atoms with Gasteiger partial charge in [-0.25, -0.2) is 4.39 Å². The molecule has 2 aliphatic heterocycles. The molecule has 2 fully saturated rings. The van der Waals surface area contributed by atoms with Crippen molar-refractivity contribution in [2.75, 3.05) is 57.9 Å². The van der Waals surface area contributed by atoms with Crippen LogP contribution in [-0.2, 0) is 20.9 Å². The lowest BCUT2D eigenvalue weighted by atomic mass is 10.1. The van der Waals surface area contributed by atoms with Gasteiger partial charge in [-0.05, 0) is 17.7 Å². The minimum absolute atomic E-state index is 0.0291. The van der Waals surface area contributed by atoms with E-state index < -0.39 is 0 Å². The van der Waals surface area contributed by atoms with Gasteiger partial charge in [-0.3, -0.25) is 9.59 Å². The molecule has 0 aromatic heterocycles. The largest absolute Gasteiger partial charge is 0.383 e. The first kappa shape index (κ1) is 19.6. The van der Waals surface area contributed by atoms with Crippen molar-refractivity contribution in [3.05, 3.63) is 29.6 Å². The van der Waals surface area contributed by atoms with Crippen LogP contribution in [-0.4, -0.2) is 69.7 Å². The second kappa shape index (κ2) is 9.14. The molecule has 3 rings (SSSR count). The number of likely N-dealkylation sites (tertiary alicyclic amines) is 1. The lowest BCUT2D eigenvalue weighted by Gasteiger charge is -2.29. The molecule has 1 aromatic carbocycles. The Morgan fingerprint density at radius 1 is 1.37 bits per heavy atom. The molecule has 1 atom stereocenters. The van der Waals surface area contributed by atoms with Gasteiger partial charge < -0.3 is 25.2 Å². The van der Waals surface area contributed by atoms with Crippen molar-refractivity contribution in [1.82, 2.24) is 15.5 Å². The van der Waals surface area contributed by atoms with Crippen LogP contribution in [0.5, 0.6) is 0 Å². The molecule has 0 aliphatic carbocycles. The fourth-order valence-electron chi connectivity index (χ4n) is 3.52. The van der Waals surface area contributed by atoms with Crippen molar-refractivity contribution in [2.45, 2.75) is 13.0 Å². The van der Waals surface area contributed by atoms with Crippen LogP contribution in [0.1, 0.15) is 12.0 Å². The average Bonchev–Trinajstić information content (AvgIpc) is 3.06. The smallest absolute Gasteiger partial charge is 0.225 e. The number of piperazine rings is 1. The van der Waals surface area contributed by atoms with Crippen molar-refractivity contribution in [2.24, 2.45) is 5.92 Å². The van der Waals surface area contributed by atoms with Crippen LogP contribution in [0.3, 0.4) is 0 Å². The molecule has 2 aliphatic rings. The Labute approximate surface area is 158 Å². The van der Waals surface area contributed by atoms with Gasteiger partial charge in [-0.1, -0.05) is 6.07 Å². The van der Waals surface area contributed by atoms with E-state index in [0.29, 0.717) is 30.9 Å². The Bertz CT molecular complexity index is 679. The first-order valence-corrected chi connectivity index (χ1v) is 9.37. The summed E-state index contributed by atoms with van der Waals surface area (Å²) in [6.45, 7) is 4.86. The second-order valence-corrected chi connectivity index (χ2v) is 6.97. The maximum Gasteiger partial charge on any atom is 0.225 e. The Hall–Kier alpha value is -2.19. The molecule has 1 unspecified atom stereocenters. The standard InChI is InChI=1S/C19H27FN4O3/c1-27-9-8-24-13-15(11-18(24)25)19(26)22-12-14-2-3-17(16(20)10-14)23-6-4-21-5-7-23/h2-3,10,15,21H,4-9,11-13H2,1H3,(H,22,26). The van der Waals surface area contributed by atoms with E-state index in [0.717, 1.165) is 26.2 Å². The lowest BCUT2D eigenvalue weighted by molar-refractivity contribution is -0.129. The van der Waals surface area contributed by atoms with E-state index in [1.54, 1.807) is 18.1 Å². The molecular weight excluding hydrogens is 351 g/mol. The molecular formula is C19H27FN4O3. The summed E-state index contributed by atoms with van der Waals surface area (Å²) in [5.41, 5.74) is 1.31. The lowest BCUT2D eigenvalue weighted by Crippen LogP contribution is -2.43. The molecule has 8 heteroatoms. The number of benzene rings is 1. The number of halogens is 1. The summed E-state index contributed by atoms with van der Waals surface area (Å²) in [6, 6.07) is 5.08. The van der Waals surface area contributed by atoms with Crippen molar-refractivity contribution >= 4 is 17.5 Å². The van der Waals surface area contributed by atoms with Gasteiger partial charge in [0.15, 0.2) is 0 Å². The minimum atomic E-state index is -0.362. The SMILES string of the molecule is COCCN1CC(C(=O)NCc2ccc(N3CCNCC3)c(F)c2)CC1=O. The molecule has 2 amide bonds. The third-order valence-electron chi connectivity index (χ3n) is 5.09. The predicted molar refractivity (Wildman–Crippen MR) is 99.9 cm³/mol. The maximum absolute atomic E-state index is 14.4. The molecule has 2 saturated heterocycles. The fourth-order valence-corrected chi connectivity index (χ4v) is 3.52.